The van der Waals surface area contributed by atoms with Crippen LogP contribution in [-0.2, 0) is 11.3 Å². The maximum Gasteiger partial charge on any atom is 0.488 e. The molecule has 0 radical (unpaired) electrons. The van der Waals surface area contributed by atoms with Crippen LogP contribution >= 0.6 is 0 Å². The molecule has 5 heteroatoms. The summed E-state index contributed by atoms with van der Waals surface area (Å²) in [6.07, 6.45) is 3.41. The summed E-state index contributed by atoms with van der Waals surface area (Å²) in [6.45, 7) is 4.73. The van der Waals surface area contributed by atoms with E-state index in [9.17, 15) is 4.39 Å². The SMILES string of the molecule is CC1CCC(OCc2ccc(B(O)O)cc2F)CC1C. The summed E-state index contributed by atoms with van der Waals surface area (Å²) >= 11 is 0. The van der Waals surface area contributed by atoms with Crippen LogP contribution in [-0.4, -0.2) is 23.3 Å². The summed E-state index contributed by atoms with van der Waals surface area (Å²) in [7, 11) is -1.64. The third kappa shape index (κ3) is 3.81. The smallest absolute Gasteiger partial charge is 0.423 e. The molecule has 3 atom stereocenters. The van der Waals surface area contributed by atoms with Crippen LogP contribution in [0.1, 0.15) is 38.7 Å². The molecule has 3 nitrogen and oxygen atoms in total. The van der Waals surface area contributed by atoms with E-state index in [1.807, 2.05) is 0 Å². The Bertz CT molecular complexity index is 453. The molecule has 1 aliphatic rings. The van der Waals surface area contributed by atoms with E-state index < -0.39 is 12.9 Å². The minimum absolute atomic E-state index is 0.159. The molecule has 0 heterocycles. The molecule has 1 fully saturated rings. The Morgan fingerprint density at radius 1 is 1.25 bits per heavy atom. The van der Waals surface area contributed by atoms with E-state index in [1.54, 1.807) is 6.07 Å². The number of hydrogen-bond donors (Lipinski definition) is 2. The lowest BCUT2D eigenvalue weighted by atomic mass is 9.80. The molecule has 3 unspecified atom stereocenters. The maximum atomic E-state index is 13.8. The Hall–Kier alpha value is -0.905. The monoisotopic (exact) mass is 280 g/mol. The van der Waals surface area contributed by atoms with Crippen LogP contribution in [0.5, 0.6) is 0 Å². The van der Waals surface area contributed by atoms with Crippen LogP contribution in [0.15, 0.2) is 18.2 Å². The standard InChI is InChI=1S/C15H22BFO3/c1-10-3-6-14(7-11(10)2)20-9-12-4-5-13(16(18)19)8-15(12)17/h4-5,8,10-11,14,18-19H,3,6-7,9H2,1-2H3. The van der Waals surface area contributed by atoms with Crippen molar-refractivity contribution in [3.8, 4) is 0 Å². The minimum atomic E-state index is -1.64. The van der Waals surface area contributed by atoms with Crippen LogP contribution in [0, 0.1) is 17.7 Å². The van der Waals surface area contributed by atoms with Crippen molar-refractivity contribution in [2.75, 3.05) is 0 Å². The Morgan fingerprint density at radius 3 is 2.60 bits per heavy atom. The van der Waals surface area contributed by atoms with Gasteiger partial charge in [0.15, 0.2) is 0 Å². The predicted molar refractivity (Wildman–Crippen MR) is 77.0 cm³/mol. The predicted octanol–water partition coefficient (Wildman–Crippen LogP) is 1.85. The fourth-order valence-electron chi connectivity index (χ4n) is 2.70. The Balaban J connectivity index is 1.91. The lowest BCUT2D eigenvalue weighted by molar-refractivity contribution is -0.00845. The van der Waals surface area contributed by atoms with Crippen LogP contribution in [0.2, 0.25) is 0 Å². The van der Waals surface area contributed by atoms with Gasteiger partial charge in [-0.2, -0.15) is 0 Å². The zero-order valence-electron chi connectivity index (χ0n) is 12.1. The Kier molecular flexibility index (Phi) is 5.19. The van der Waals surface area contributed by atoms with Gasteiger partial charge in [0.05, 0.1) is 12.7 Å². The fourth-order valence-corrected chi connectivity index (χ4v) is 2.70. The molecule has 0 amide bonds. The topological polar surface area (TPSA) is 49.7 Å². The summed E-state index contributed by atoms with van der Waals surface area (Å²) in [5.41, 5.74) is 0.618. The fraction of sp³-hybridized carbons (Fsp3) is 0.600. The zero-order valence-corrected chi connectivity index (χ0v) is 12.1. The third-order valence-corrected chi connectivity index (χ3v) is 4.40. The molecule has 0 spiro atoms. The van der Waals surface area contributed by atoms with Crippen LogP contribution < -0.4 is 5.46 Å². The first-order valence-corrected chi connectivity index (χ1v) is 7.23. The first kappa shape index (κ1) is 15.5. The molecule has 2 rings (SSSR count). The molecule has 0 saturated heterocycles. The van der Waals surface area contributed by atoms with Crippen LogP contribution in [0.3, 0.4) is 0 Å². The van der Waals surface area contributed by atoms with E-state index in [-0.39, 0.29) is 18.2 Å². The van der Waals surface area contributed by atoms with Gasteiger partial charge >= 0.3 is 7.12 Å². The molecule has 0 bridgehead atoms. The molecule has 1 aromatic rings. The number of rotatable bonds is 4. The van der Waals surface area contributed by atoms with Gasteiger partial charge < -0.3 is 14.8 Å². The second kappa shape index (κ2) is 6.70. The van der Waals surface area contributed by atoms with Crippen molar-refractivity contribution in [2.24, 2.45) is 11.8 Å². The van der Waals surface area contributed by atoms with Crippen molar-refractivity contribution >= 4 is 12.6 Å². The molecule has 1 aromatic carbocycles. The van der Waals surface area contributed by atoms with E-state index >= 15 is 0 Å². The van der Waals surface area contributed by atoms with Crippen molar-refractivity contribution < 1.29 is 19.2 Å². The largest absolute Gasteiger partial charge is 0.488 e. The second-order valence-electron chi connectivity index (χ2n) is 5.93. The Labute approximate surface area is 119 Å². The third-order valence-electron chi connectivity index (χ3n) is 4.40. The summed E-state index contributed by atoms with van der Waals surface area (Å²) in [5.74, 6) is 0.926. The van der Waals surface area contributed by atoms with E-state index in [4.69, 9.17) is 14.8 Å². The molecular formula is C15H22BFO3. The molecule has 1 aliphatic carbocycles. The zero-order chi connectivity index (χ0) is 14.7. The van der Waals surface area contributed by atoms with Gasteiger partial charge in [-0.05, 0) is 42.6 Å². The number of benzene rings is 1. The average molecular weight is 280 g/mol. The van der Waals surface area contributed by atoms with Crippen molar-refractivity contribution in [2.45, 2.75) is 45.8 Å². The molecular weight excluding hydrogens is 258 g/mol. The maximum absolute atomic E-state index is 13.8. The van der Waals surface area contributed by atoms with Crippen LogP contribution in [0.25, 0.3) is 0 Å². The van der Waals surface area contributed by atoms with Crippen molar-refractivity contribution in [1.82, 2.24) is 0 Å². The number of ether oxygens (including phenoxy) is 1. The molecule has 1 saturated carbocycles. The summed E-state index contributed by atoms with van der Waals surface area (Å²) in [5, 5.41) is 18.0. The molecule has 0 aliphatic heterocycles. The summed E-state index contributed by atoms with van der Waals surface area (Å²) < 4.78 is 19.6. The molecule has 110 valence electrons. The van der Waals surface area contributed by atoms with Gasteiger partial charge in [0, 0.05) is 5.56 Å². The Morgan fingerprint density at radius 2 is 2.00 bits per heavy atom. The van der Waals surface area contributed by atoms with Gasteiger partial charge in [0.25, 0.3) is 0 Å². The number of halogens is 1. The highest BCUT2D eigenvalue weighted by molar-refractivity contribution is 6.58. The molecule has 2 N–H and O–H groups in total. The van der Waals surface area contributed by atoms with E-state index in [1.165, 1.54) is 6.07 Å². The second-order valence-corrected chi connectivity index (χ2v) is 5.93. The number of hydrogen-bond acceptors (Lipinski definition) is 3. The van der Waals surface area contributed by atoms with Gasteiger partial charge in [-0.1, -0.05) is 26.0 Å². The van der Waals surface area contributed by atoms with Crippen molar-refractivity contribution in [1.29, 1.82) is 0 Å². The highest BCUT2D eigenvalue weighted by atomic mass is 19.1. The lowest BCUT2D eigenvalue weighted by Gasteiger charge is -2.32. The normalized spacial score (nSPS) is 26.6. The first-order chi connectivity index (χ1) is 9.47. The van der Waals surface area contributed by atoms with E-state index in [0.29, 0.717) is 11.5 Å². The van der Waals surface area contributed by atoms with Crippen molar-refractivity contribution in [3.63, 3.8) is 0 Å². The van der Waals surface area contributed by atoms with E-state index in [0.717, 1.165) is 31.2 Å². The highest BCUT2D eigenvalue weighted by Crippen LogP contribution is 2.31. The molecule has 20 heavy (non-hydrogen) atoms. The van der Waals surface area contributed by atoms with Crippen molar-refractivity contribution in [3.05, 3.63) is 29.6 Å². The molecule has 0 aromatic heterocycles. The highest BCUT2D eigenvalue weighted by Gasteiger charge is 2.25. The average Bonchev–Trinajstić information content (AvgIpc) is 2.41. The van der Waals surface area contributed by atoms with Gasteiger partial charge in [-0.3, -0.25) is 0 Å². The van der Waals surface area contributed by atoms with Crippen LogP contribution in [0.4, 0.5) is 4.39 Å². The lowest BCUT2D eigenvalue weighted by Crippen LogP contribution is -2.30. The minimum Gasteiger partial charge on any atom is -0.423 e. The summed E-state index contributed by atoms with van der Waals surface area (Å²) in [6, 6.07) is 4.21. The van der Waals surface area contributed by atoms with Gasteiger partial charge in [-0.25, -0.2) is 4.39 Å². The first-order valence-electron chi connectivity index (χ1n) is 7.23. The van der Waals surface area contributed by atoms with Gasteiger partial charge in [0.2, 0.25) is 0 Å². The van der Waals surface area contributed by atoms with Gasteiger partial charge in [-0.15, -0.1) is 0 Å². The quantitative estimate of drug-likeness (QED) is 0.827. The van der Waals surface area contributed by atoms with Gasteiger partial charge in [0.1, 0.15) is 5.82 Å². The van der Waals surface area contributed by atoms with E-state index in [2.05, 4.69) is 13.8 Å². The summed E-state index contributed by atoms with van der Waals surface area (Å²) in [4.78, 5) is 0.